The molecule has 0 unspecified atom stereocenters. The Bertz CT molecular complexity index is 1140. The molecule has 152 valence electrons. The molecule has 3 aromatic rings. The zero-order valence-electron chi connectivity index (χ0n) is 17.1. The molecule has 1 N–H and O–H groups in total. The minimum absolute atomic E-state index is 0.146. The molecular weight excluding hydrogens is 388 g/mol. The van der Waals surface area contributed by atoms with Crippen LogP contribution in [0.5, 0.6) is 0 Å². The molecule has 0 saturated carbocycles. The molecule has 0 aliphatic rings. The van der Waals surface area contributed by atoms with Gasteiger partial charge in [-0.15, -0.1) is 0 Å². The molecule has 1 aromatic heterocycles. The highest BCUT2D eigenvalue weighted by Gasteiger charge is 2.28. The van der Waals surface area contributed by atoms with Gasteiger partial charge in [0.1, 0.15) is 5.56 Å². The van der Waals surface area contributed by atoms with Crippen LogP contribution in [0.3, 0.4) is 0 Å². The fourth-order valence-electron chi connectivity index (χ4n) is 3.19. The van der Waals surface area contributed by atoms with Crippen molar-refractivity contribution in [2.75, 3.05) is 16.7 Å². The second-order valence-corrected chi connectivity index (χ2v) is 9.09. The normalized spacial score (nSPS) is 11.3. The van der Waals surface area contributed by atoms with Crippen LogP contribution in [0.15, 0.2) is 53.6 Å². The fourth-order valence-corrected chi connectivity index (χ4v) is 4.43. The summed E-state index contributed by atoms with van der Waals surface area (Å²) in [7, 11) is -0.833. The first-order valence-electron chi connectivity index (χ1n) is 9.07. The first kappa shape index (κ1) is 20.6. The molecule has 1 heterocycles. The molecular formula is C21H24N4O3S. The second kappa shape index (κ2) is 7.71. The summed E-state index contributed by atoms with van der Waals surface area (Å²) in [4.78, 5) is 13.0. The third-order valence-corrected chi connectivity index (χ3v) is 6.37. The van der Waals surface area contributed by atoms with Crippen molar-refractivity contribution in [1.29, 1.82) is 0 Å². The van der Waals surface area contributed by atoms with Crippen molar-refractivity contribution in [2.45, 2.75) is 25.7 Å². The Morgan fingerprint density at radius 1 is 1.00 bits per heavy atom. The number of amides is 1. The number of carbonyl (C=O) groups excluding carboxylic acids is 1. The molecule has 0 aliphatic heterocycles. The number of hydrogen-bond donors (Lipinski definition) is 1. The van der Waals surface area contributed by atoms with Gasteiger partial charge in [-0.2, -0.15) is 5.10 Å². The highest BCUT2D eigenvalue weighted by atomic mass is 32.2. The molecule has 8 heteroatoms. The van der Waals surface area contributed by atoms with E-state index in [4.69, 9.17) is 0 Å². The predicted molar refractivity (Wildman–Crippen MR) is 114 cm³/mol. The van der Waals surface area contributed by atoms with Gasteiger partial charge in [0.25, 0.3) is 15.9 Å². The second-order valence-electron chi connectivity index (χ2n) is 7.12. The summed E-state index contributed by atoms with van der Waals surface area (Å²) < 4.78 is 28.6. The molecule has 0 spiro atoms. The molecule has 2 aromatic carbocycles. The lowest BCUT2D eigenvalue weighted by atomic mass is 10.1. The van der Waals surface area contributed by atoms with E-state index >= 15 is 0 Å². The standard InChI is InChI=1S/C21H24N4O3S/c1-14-6-8-18(9-7-14)29(27,28)25(5)21-19(13-22-24(21)4)20(26)23-17-11-15(2)10-16(3)12-17/h6-13H,1-5H3,(H,23,26). The highest BCUT2D eigenvalue weighted by Crippen LogP contribution is 2.26. The van der Waals surface area contributed by atoms with Gasteiger partial charge in [0, 0.05) is 19.8 Å². The summed E-state index contributed by atoms with van der Waals surface area (Å²) in [5.74, 6) is -0.239. The zero-order valence-corrected chi connectivity index (χ0v) is 17.9. The molecule has 0 saturated heterocycles. The van der Waals surface area contributed by atoms with Gasteiger partial charge < -0.3 is 5.32 Å². The molecule has 0 radical (unpaired) electrons. The van der Waals surface area contributed by atoms with Crippen molar-refractivity contribution in [2.24, 2.45) is 7.05 Å². The zero-order chi connectivity index (χ0) is 21.3. The van der Waals surface area contributed by atoms with Crippen molar-refractivity contribution in [3.8, 4) is 0 Å². The maximum Gasteiger partial charge on any atom is 0.265 e. The lowest BCUT2D eigenvalue weighted by molar-refractivity contribution is 0.102. The smallest absolute Gasteiger partial charge is 0.265 e. The van der Waals surface area contributed by atoms with Crippen LogP contribution in [0.25, 0.3) is 0 Å². The van der Waals surface area contributed by atoms with Crippen LogP contribution in [0.4, 0.5) is 11.5 Å². The van der Waals surface area contributed by atoms with Gasteiger partial charge in [-0.25, -0.2) is 8.42 Å². The van der Waals surface area contributed by atoms with Gasteiger partial charge >= 0.3 is 0 Å². The van der Waals surface area contributed by atoms with Gasteiger partial charge in [0.2, 0.25) is 0 Å². The molecule has 3 rings (SSSR count). The van der Waals surface area contributed by atoms with Crippen molar-refractivity contribution in [3.05, 3.63) is 70.9 Å². The topological polar surface area (TPSA) is 84.3 Å². The predicted octanol–water partition coefficient (Wildman–Crippen LogP) is 3.42. The van der Waals surface area contributed by atoms with E-state index in [1.165, 1.54) is 17.9 Å². The van der Waals surface area contributed by atoms with Crippen LogP contribution in [0.2, 0.25) is 0 Å². The Labute approximate surface area is 171 Å². The number of carbonyl (C=O) groups is 1. The monoisotopic (exact) mass is 412 g/mol. The third kappa shape index (κ3) is 4.17. The molecule has 0 bridgehead atoms. The van der Waals surface area contributed by atoms with E-state index in [0.29, 0.717) is 5.69 Å². The van der Waals surface area contributed by atoms with E-state index in [1.807, 2.05) is 39.0 Å². The van der Waals surface area contributed by atoms with Crippen LogP contribution in [-0.2, 0) is 17.1 Å². The van der Waals surface area contributed by atoms with Gasteiger partial charge in [-0.1, -0.05) is 23.8 Å². The number of benzene rings is 2. The molecule has 0 fully saturated rings. The Morgan fingerprint density at radius 2 is 1.59 bits per heavy atom. The van der Waals surface area contributed by atoms with E-state index in [2.05, 4.69) is 10.4 Å². The number of nitrogens with one attached hydrogen (secondary N) is 1. The molecule has 7 nitrogen and oxygen atoms in total. The first-order chi connectivity index (χ1) is 13.6. The van der Waals surface area contributed by atoms with Crippen molar-refractivity contribution >= 4 is 27.4 Å². The largest absolute Gasteiger partial charge is 0.322 e. The molecule has 1 amide bonds. The van der Waals surface area contributed by atoms with Crippen LogP contribution >= 0.6 is 0 Å². The van der Waals surface area contributed by atoms with Crippen molar-refractivity contribution in [1.82, 2.24) is 9.78 Å². The summed E-state index contributed by atoms with van der Waals surface area (Å²) in [6, 6.07) is 12.3. The minimum atomic E-state index is -3.85. The van der Waals surface area contributed by atoms with Crippen LogP contribution in [0.1, 0.15) is 27.0 Å². The first-order valence-corrected chi connectivity index (χ1v) is 10.5. The van der Waals surface area contributed by atoms with Crippen LogP contribution < -0.4 is 9.62 Å². The Balaban J connectivity index is 1.96. The highest BCUT2D eigenvalue weighted by molar-refractivity contribution is 7.92. The Kier molecular flexibility index (Phi) is 5.48. The summed E-state index contributed by atoms with van der Waals surface area (Å²) in [5.41, 5.74) is 3.81. The van der Waals surface area contributed by atoms with Crippen LogP contribution in [0, 0.1) is 20.8 Å². The van der Waals surface area contributed by atoms with Gasteiger partial charge in [0.05, 0.1) is 11.1 Å². The number of aryl methyl sites for hydroxylation is 4. The van der Waals surface area contributed by atoms with Gasteiger partial charge in [-0.05, 0) is 56.2 Å². The maximum atomic E-state index is 13.1. The number of rotatable bonds is 5. The fraction of sp³-hybridized carbons (Fsp3) is 0.238. The quantitative estimate of drug-likeness (QED) is 0.696. The van der Waals surface area contributed by atoms with E-state index in [-0.39, 0.29) is 16.3 Å². The Hall–Kier alpha value is -3.13. The lowest BCUT2D eigenvalue weighted by Crippen LogP contribution is -2.30. The summed E-state index contributed by atoms with van der Waals surface area (Å²) in [6.07, 6.45) is 1.37. The minimum Gasteiger partial charge on any atom is -0.322 e. The SMILES string of the molecule is Cc1ccc(S(=O)(=O)N(C)c2c(C(=O)Nc3cc(C)cc(C)c3)cnn2C)cc1. The van der Waals surface area contributed by atoms with Crippen LogP contribution in [-0.4, -0.2) is 31.2 Å². The molecule has 0 aliphatic carbocycles. The number of nitrogens with zero attached hydrogens (tertiary/aromatic N) is 3. The third-order valence-electron chi connectivity index (χ3n) is 4.61. The van der Waals surface area contributed by atoms with E-state index < -0.39 is 15.9 Å². The number of aromatic nitrogens is 2. The van der Waals surface area contributed by atoms with Crippen molar-refractivity contribution in [3.63, 3.8) is 0 Å². The average molecular weight is 413 g/mol. The summed E-state index contributed by atoms with van der Waals surface area (Å²) in [5, 5.41) is 6.94. The lowest BCUT2D eigenvalue weighted by Gasteiger charge is -2.21. The summed E-state index contributed by atoms with van der Waals surface area (Å²) >= 11 is 0. The van der Waals surface area contributed by atoms with E-state index in [0.717, 1.165) is 21.0 Å². The number of anilines is 2. The Morgan fingerprint density at radius 3 is 2.17 bits per heavy atom. The van der Waals surface area contributed by atoms with E-state index in [9.17, 15) is 13.2 Å². The maximum absolute atomic E-state index is 13.1. The van der Waals surface area contributed by atoms with Gasteiger partial charge in [-0.3, -0.25) is 13.8 Å². The average Bonchev–Trinajstić information content (AvgIpc) is 3.02. The van der Waals surface area contributed by atoms with Gasteiger partial charge in [0.15, 0.2) is 5.82 Å². The molecule has 0 atom stereocenters. The number of hydrogen-bond acceptors (Lipinski definition) is 4. The summed E-state index contributed by atoms with van der Waals surface area (Å²) in [6.45, 7) is 5.77. The van der Waals surface area contributed by atoms with E-state index in [1.54, 1.807) is 31.3 Å². The number of sulfonamides is 1. The van der Waals surface area contributed by atoms with Crippen molar-refractivity contribution < 1.29 is 13.2 Å². The molecule has 29 heavy (non-hydrogen) atoms.